The zero-order valence-corrected chi connectivity index (χ0v) is 13.6. The van der Waals surface area contributed by atoms with Crippen LogP contribution in [0.25, 0.3) is 0 Å². The predicted molar refractivity (Wildman–Crippen MR) is 82.8 cm³/mol. The van der Waals surface area contributed by atoms with E-state index in [0.717, 1.165) is 0 Å². The van der Waals surface area contributed by atoms with Gasteiger partial charge in [-0.1, -0.05) is 26.0 Å². The average Bonchev–Trinajstić information content (AvgIpc) is 2.51. The Labute approximate surface area is 135 Å². The van der Waals surface area contributed by atoms with Gasteiger partial charge in [-0.3, -0.25) is 9.59 Å². The fourth-order valence-corrected chi connectivity index (χ4v) is 2.12. The van der Waals surface area contributed by atoms with Crippen LogP contribution in [-0.4, -0.2) is 30.1 Å². The molecule has 0 heterocycles. The summed E-state index contributed by atoms with van der Waals surface area (Å²) in [5, 5.41) is 9.11. The lowest BCUT2D eigenvalue weighted by Gasteiger charge is -2.14. The van der Waals surface area contributed by atoms with Gasteiger partial charge in [0.05, 0.1) is 25.0 Å². The summed E-state index contributed by atoms with van der Waals surface area (Å²) >= 11 is 0. The minimum absolute atomic E-state index is 0.0360. The van der Waals surface area contributed by atoms with Gasteiger partial charge in [-0.15, -0.1) is 0 Å². The number of aliphatic carboxylic acids is 1. The van der Waals surface area contributed by atoms with Gasteiger partial charge in [0.2, 0.25) is 0 Å². The fourth-order valence-electron chi connectivity index (χ4n) is 2.12. The van der Waals surface area contributed by atoms with E-state index in [4.69, 9.17) is 9.84 Å². The number of carbonyl (C=O) groups is 3. The van der Waals surface area contributed by atoms with Gasteiger partial charge in [-0.05, 0) is 30.0 Å². The van der Waals surface area contributed by atoms with Crippen LogP contribution >= 0.6 is 0 Å². The van der Waals surface area contributed by atoms with E-state index in [1.165, 1.54) is 7.11 Å². The van der Waals surface area contributed by atoms with Crippen LogP contribution in [0.15, 0.2) is 24.3 Å². The van der Waals surface area contributed by atoms with E-state index in [1.54, 1.807) is 24.3 Å². The Morgan fingerprint density at radius 1 is 1.13 bits per heavy atom. The SMILES string of the molecule is COC(=O)c1ccc(COC(=O)C[C@@H](CC(C)C)C(=O)O)cc1. The van der Waals surface area contributed by atoms with E-state index >= 15 is 0 Å². The number of carboxylic acids is 1. The third-order valence-electron chi connectivity index (χ3n) is 3.29. The van der Waals surface area contributed by atoms with Gasteiger partial charge in [0, 0.05) is 0 Å². The molecule has 1 atom stereocenters. The Morgan fingerprint density at radius 3 is 2.22 bits per heavy atom. The Bertz CT molecular complexity index is 547. The molecule has 0 radical (unpaired) electrons. The first-order valence-electron chi connectivity index (χ1n) is 7.39. The van der Waals surface area contributed by atoms with Gasteiger partial charge in [-0.25, -0.2) is 4.79 Å². The average molecular weight is 322 g/mol. The molecule has 1 N–H and O–H groups in total. The zero-order chi connectivity index (χ0) is 17.4. The molecule has 126 valence electrons. The summed E-state index contributed by atoms with van der Waals surface area (Å²) in [5.74, 6) is -2.52. The van der Waals surface area contributed by atoms with E-state index < -0.39 is 23.8 Å². The largest absolute Gasteiger partial charge is 0.481 e. The van der Waals surface area contributed by atoms with Crippen molar-refractivity contribution < 1.29 is 29.0 Å². The zero-order valence-electron chi connectivity index (χ0n) is 13.6. The molecule has 1 aromatic rings. The quantitative estimate of drug-likeness (QED) is 0.740. The molecule has 6 nitrogen and oxygen atoms in total. The molecule has 1 aromatic carbocycles. The molecule has 0 aliphatic carbocycles. The third kappa shape index (κ3) is 6.50. The predicted octanol–water partition coefficient (Wildman–Crippen LogP) is 2.65. The van der Waals surface area contributed by atoms with Crippen LogP contribution in [0.4, 0.5) is 0 Å². The van der Waals surface area contributed by atoms with E-state index in [9.17, 15) is 14.4 Å². The van der Waals surface area contributed by atoms with E-state index in [0.29, 0.717) is 17.5 Å². The van der Waals surface area contributed by atoms with Crippen molar-refractivity contribution in [3.63, 3.8) is 0 Å². The molecule has 6 heteroatoms. The number of benzene rings is 1. The van der Waals surface area contributed by atoms with Gasteiger partial charge >= 0.3 is 17.9 Å². The highest BCUT2D eigenvalue weighted by Crippen LogP contribution is 2.17. The van der Waals surface area contributed by atoms with Crippen LogP contribution in [0.2, 0.25) is 0 Å². The van der Waals surface area contributed by atoms with Crippen molar-refractivity contribution in [1.82, 2.24) is 0 Å². The van der Waals surface area contributed by atoms with Gasteiger partial charge in [-0.2, -0.15) is 0 Å². The molecular formula is C17H22O6. The summed E-state index contributed by atoms with van der Waals surface area (Å²) in [4.78, 5) is 34.2. The maximum absolute atomic E-state index is 11.8. The number of ether oxygens (including phenoxy) is 2. The highest BCUT2D eigenvalue weighted by Gasteiger charge is 2.23. The van der Waals surface area contributed by atoms with E-state index in [1.807, 2.05) is 13.8 Å². The van der Waals surface area contributed by atoms with Gasteiger partial charge < -0.3 is 14.6 Å². The molecule has 0 fully saturated rings. The van der Waals surface area contributed by atoms with Crippen molar-refractivity contribution in [1.29, 1.82) is 0 Å². The van der Waals surface area contributed by atoms with Gasteiger partial charge in [0.25, 0.3) is 0 Å². The second-order valence-electron chi connectivity index (χ2n) is 5.72. The minimum Gasteiger partial charge on any atom is -0.481 e. The Morgan fingerprint density at radius 2 is 1.74 bits per heavy atom. The lowest BCUT2D eigenvalue weighted by molar-refractivity contribution is -0.152. The van der Waals surface area contributed by atoms with E-state index in [2.05, 4.69) is 4.74 Å². The number of hydrogen-bond donors (Lipinski definition) is 1. The molecule has 0 amide bonds. The number of esters is 2. The van der Waals surface area contributed by atoms with Gasteiger partial charge in [0.15, 0.2) is 0 Å². The first kappa shape index (κ1) is 18.7. The Hall–Kier alpha value is -2.37. The smallest absolute Gasteiger partial charge is 0.337 e. The van der Waals surface area contributed by atoms with Crippen molar-refractivity contribution in [3.05, 3.63) is 35.4 Å². The lowest BCUT2D eigenvalue weighted by Crippen LogP contribution is -2.21. The minimum atomic E-state index is -0.988. The maximum atomic E-state index is 11.8. The van der Waals surface area contributed by atoms with Crippen molar-refractivity contribution in [3.8, 4) is 0 Å². The maximum Gasteiger partial charge on any atom is 0.337 e. The molecule has 23 heavy (non-hydrogen) atoms. The summed E-state index contributed by atoms with van der Waals surface area (Å²) in [6.45, 7) is 3.85. The standard InChI is InChI=1S/C17H22O6/c1-11(2)8-14(16(19)20)9-15(18)23-10-12-4-6-13(7-5-12)17(21)22-3/h4-7,11,14H,8-10H2,1-3H3,(H,19,20)/t14-/m1/s1. The number of carbonyl (C=O) groups excluding carboxylic acids is 2. The number of hydrogen-bond acceptors (Lipinski definition) is 5. The van der Waals surface area contributed by atoms with Crippen molar-refractivity contribution in [2.75, 3.05) is 7.11 Å². The topological polar surface area (TPSA) is 89.9 Å². The fraction of sp³-hybridized carbons (Fsp3) is 0.471. The van der Waals surface area contributed by atoms with Crippen LogP contribution in [0.3, 0.4) is 0 Å². The number of methoxy groups -OCH3 is 1. The highest BCUT2D eigenvalue weighted by molar-refractivity contribution is 5.89. The summed E-state index contributed by atoms with van der Waals surface area (Å²) in [6.07, 6.45) is 0.284. The summed E-state index contributed by atoms with van der Waals surface area (Å²) in [5.41, 5.74) is 1.12. The van der Waals surface area contributed by atoms with Crippen molar-refractivity contribution in [2.45, 2.75) is 33.3 Å². The molecule has 0 unspecified atom stereocenters. The molecule has 0 aromatic heterocycles. The second kappa shape index (κ2) is 8.92. The van der Waals surface area contributed by atoms with Crippen molar-refractivity contribution in [2.24, 2.45) is 11.8 Å². The molecule has 0 spiro atoms. The second-order valence-corrected chi connectivity index (χ2v) is 5.72. The van der Waals surface area contributed by atoms with Gasteiger partial charge in [0.1, 0.15) is 6.61 Å². The molecule has 1 rings (SSSR count). The molecule has 0 aliphatic rings. The molecule has 0 bridgehead atoms. The normalized spacial score (nSPS) is 11.8. The van der Waals surface area contributed by atoms with Crippen LogP contribution in [0, 0.1) is 11.8 Å². The Balaban J connectivity index is 2.52. The highest BCUT2D eigenvalue weighted by atomic mass is 16.5. The third-order valence-corrected chi connectivity index (χ3v) is 3.29. The first-order chi connectivity index (χ1) is 10.8. The molecule has 0 saturated heterocycles. The molecular weight excluding hydrogens is 300 g/mol. The Kier molecular flexibility index (Phi) is 7.25. The summed E-state index contributed by atoms with van der Waals surface area (Å²) < 4.78 is 9.69. The van der Waals surface area contributed by atoms with Crippen LogP contribution in [0.5, 0.6) is 0 Å². The van der Waals surface area contributed by atoms with E-state index in [-0.39, 0.29) is 18.9 Å². The lowest BCUT2D eigenvalue weighted by atomic mass is 9.94. The summed E-state index contributed by atoms with van der Waals surface area (Å²) in [6, 6.07) is 6.46. The van der Waals surface area contributed by atoms with Crippen LogP contribution < -0.4 is 0 Å². The molecule has 0 saturated carbocycles. The monoisotopic (exact) mass is 322 g/mol. The summed E-state index contributed by atoms with van der Waals surface area (Å²) in [7, 11) is 1.30. The number of rotatable bonds is 8. The molecule has 0 aliphatic heterocycles. The first-order valence-corrected chi connectivity index (χ1v) is 7.39. The van der Waals surface area contributed by atoms with Crippen LogP contribution in [-0.2, 0) is 25.7 Å². The van der Waals surface area contributed by atoms with Crippen LogP contribution in [0.1, 0.15) is 42.6 Å². The number of carboxylic acid groups (broad SMARTS) is 1. The van der Waals surface area contributed by atoms with Crippen molar-refractivity contribution >= 4 is 17.9 Å².